The van der Waals surface area contributed by atoms with E-state index >= 15 is 0 Å². The number of benzene rings is 1. The summed E-state index contributed by atoms with van der Waals surface area (Å²) in [5.74, 6) is 0.252. The molecule has 0 aliphatic carbocycles. The van der Waals surface area contributed by atoms with Crippen molar-refractivity contribution in [2.24, 2.45) is 0 Å². The van der Waals surface area contributed by atoms with Crippen LogP contribution in [0.5, 0.6) is 5.75 Å². The van der Waals surface area contributed by atoms with E-state index in [1.807, 2.05) is 0 Å². The molecule has 2 rings (SSSR count). The first-order valence-corrected chi connectivity index (χ1v) is 6.81. The van der Waals surface area contributed by atoms with Gasteiger partial charge in [-0.25, -0.2) is 0 Å². The van der Waals surface area contributed by atoms with Crippen LogP contribution < -0.4 is 10.1 Å². The SMILES string of the molecule is COc1ccc(C(=O)N[C@H]2CCSC2=O)cc1[N+](=O)[O-]. The van der Waals surface area contributed by atoms with Gasteiger partial charge in [-0.05, 0) is 18.6 Å². The van der Waals surface area contributed by atoms with Crippen molar-refractivity contribution in [3.8, 4) is 5.75 Å². The molecule has 1 aliphatic heterocycles. The average molecular weight is 296 g/mol. The van der Waals surface area contributed by atoms with Gasteiger partial charge in [0.25, 0.3) is 5.91 Å². The predicted octanol–water partition coefficient (Wildman–Crippen LogP) is 1.37. The summed E-state index contributed by atoms with van der Waals surface area (Å²) in [5.41, 5.74) is -0.158. The van der Waals surface area contributed by atoms with Crippen LogP contribution in [0.3, 0.4) is 0 Å². The first-order chi connectivity index (χ1) is 9.52. The van der Waals surface area contributed by atoms with Gasteiger partial charge >= 0.3 is 5.69 Å². The zero-order valence-corrected chi connectivity index (χ0v) is 11.4. The summed E-state index contributed by atoms with van der Waals surface area (Å²) < 4.78 is 4.86. The van der Waals surface area contributed by atoms with Gasteiger partial charge in [-0.2, -0.15) is 0 Å². The highest BCUT2D eigenvalue weighted by Crippen LogP contribution is 2.27. The summed E-state index contributed by atoms with van der Waals surface area (Å²) >= 11 is 1.17. The van der Waals surface area contributed by atoms with Crippen molar-refractivity contribution in [1.29, 1.82) is 0 Å². The minimum atomic E-state index is -0.619. The number of methoxy groups -OCH3 is 1. The van der Waals surface area contributed by atoms with Gasteiger partial charge in [0.15, 0.2) is 5.75 Å². The Balaban J connectivity index is 2.19. The van der Waals surface area contributed by atoms with Crippen molar-refractivity contribution >= 4 is 28.5 Å². The molecule has 1 fully saturated rings. The zero-order chi connectivity index (χ0) is 14.7. The molecule has 1 N–H and O–H groups in total. The number of nitro benzene ring substituents is 1. The van der Waals surface area contributed by atoms with E-state index in [0.717, 1.165) is 6.07 Å². The lowest BCUT2D eigenvalue weighted by atomic mass is 10.1. The minimum Gasteiger partial charge on any atom is -0.490 e. The van der Waals surface area contributed by atoms with Crippen LogP contribution in [-0.2, 0) is 4.79 Å². The molecule has 1 heterocycles. The third-order valence-electron chi connectivity index (χ3n) is 2.88. The van der Waals surface area contributed by atoms with Gasteiger partial charge in [-0.3, -0.25) is 19.7 Å². The Morgan fingerprint density at radius 2 is 2.30 bits per heavy atom. The van der Waals surface area contributed by atoms with Crippen molar-refractivity contribution < 1.29 is 19.2 Å². The van der Waals surface area contributed by atoms with E-state index in [1.54, 1.807) is 0 Å². The second-order valence-electron chi connectivity index (χ2n) is 4.13. The number of thioether (sulfide) groups is 1. The predicted molar refractivity (Wildman–Crippen MR) is 73.0 cm³/mol. The summed E-state index contributed by atoms with van der Waals surface area (Å²) in [6.45, 7) is 0. The van der Waals surface area contributed by atoms with Crippen molar-refractivity contribution in [2.45, 2.75) is 12.5 Å². The lowest BCUT2D eigenvalue weighted by molar-refractivity contribution is -0.385. The van der Waals surface area contributed by atoms with E-state index in [0.29, 0.717) is 12.2 Å². The Morgan fingerprint density at radius 1 is 1.55 bits per heavy atom. The van der Waals surface area contributed by atoms with Crippen LogP contribution in [0.15, 0.2) is 18.2 Å². The van der Waals surface area contributed by atoms with Gasteiger partial charge in [0.2, 0.25) is 5.12 Å². The number of amides is 1. The maximum Gasteiger partial charge on any atom is 0.311 e. The fraction of sp³-hybridized carbons (Fsp3) is 0.333. The lowest BCUT2D eigenvalue weighted by Crippen LogP contribution is -2.37. The van der Waals surface area contributed by atoms with E-state index in [4.69, 9.17) is 4.74 Å². The number of rotatable bonds is 4. The van der Waals surface area contributed by atoms with E-state index in [1.165, 1.54) is 31.0 Å². The highest BCUT2D eigenvalue weighted by molar-refractivity contribution is 8.14. The normalized spacial score (nSPS) is 17.9. The van der Waals surface area contributed by atoms with Crippen LogP contribution in [-0.4, -0.2) is 34.9 Å². The van der Waals surface area contributed by atoms with Gasteiger partial charge in [0.05, 0.1) is 18.1 Å². The molecule has 1 aliphatic rings. The Labute approximate surface area is 118 Å². The number of nitrogens with zero attached hydrogens (tertiary/aromatic N) is 1. The van der Waals surface area contributed by atoms with Crippen molar-refractivity contribution in [3.63, 3.8) is 0 Å². The van der Waals surface area contributed by atoms with E-state index in [2.05, 4.69) is 5.32 Å². The summed E-state index contributed by atoms with van der Waals surface area (Å²) in [5, 5.41) is 13.4. The number of hydrogen-bond donors (Lipinski definition) is 1. The molecule has 0 bridgehead atoms. The monoisotopic (exact) mass is 296 g/mol. The molecule has 8 heteroatoms. The number of ether oxygens (including phenoxy) is 1. The third-order valence-corrected chi connectivity index (χ3v) is 3.89. The lowest BCUT2D eigenvalue weighted by Gasteiger charge is -2.10. The van der Waals surface area contributed by atoms with E-state index < -0.39 is 16.9 Å². The first-order valence-electron chi connectivity index (χ1n) is 5.83. The topological polar surface area (TPSA) is 98.5 Å². The molecular formula is C12H12N2O5S. The molecule has 0 radical (unpaired) electrons. The molecule has 20 heavy (non-hydrogen) atoms. The quantitative estimate of drug-likeness (QED) is 0.665. The molecule has 0 aromatic heterocycles. The second kappa shape index (κ2) is 5.91. The third kappa shape index (κ3) is 2.90. The van der Waals surface area contributed by atoms with E-state index in [9.17, 15) is 19.7 Å². The number of carbonyl (C=O) groups excluding carboxylic acids is 2. The molecule has 7 nitrogen and oxygen atoms in total. The summed E-state index contributed by atoms with van der Waals surface area (Å²) in [7, 11) is 1.32. The van der Waals surface area contributed by atoms with Gasteiger partial charge < -0.3 is 10.1 Å². The summed E-state index contributed by atoms with van der Waals surface area (Å²) in [6.07, 6.45) is 0.577. The van der Waals surface area contributed by atoms with Gasteiger partial charge in [-0.1, -0.05) is 11.8 Å². The molecule has 1 aromatic rings. The van der Waals surface area contributed by atoms with Crippen LogP contribution >= 0.6 is 11.8 Å². The second-order valence-corrected chi connectivity index (χ2v) is 5.23. The van der Waals surface area contributed by atoms with Crippen molar-refractivity contribution in [3.05, 3.63) is 33.9 Å². The van der Waals surface area contributed by atoms with Crippen LogP contribution in [0, 0.1) is 10.1 Å². The van der Waals surface area contributed by atoms with Crippen LogP contribution in [0.25, 0.3) is 0 Å². The summed E-state index contributed by atoms with van der Waals surface area (Å²) in [4.78, 5) is 33.7. The molecule has 0 saturated carbocycles. The molecular weight excluding hydrogens is 284 g/mol. The maximum atomic E-state index is 12.0. The molecule has 0 spiro atoms. The minimum absolute atomic E-state index is 0.0821. The Morgan fingerprint density at radius 3 is 2.85 bits per heavy atom. The maximum absolute atomic E-state index is 12.0. The fourth-order valence-electron chi connectivity index (χ4n) is 1.84. The highest BCUT2D eigenvalue weighted by atomic mass is 32.2. The number of nitro groups is 1. The highest BCUT2D eigenvalue weighted by Gasteiger charge is 2.27. The van der Waals surface area contributed by atoms with Gasteiger partial charge in [0, 0.05) is 17.4 Å². The standard InChI is InChI=1S/C12H12N2O5S/c1-19-10-3-2-7(6-9(10)14(17)18)11(15)13-8-4-5-20-12(8)16/h2-3,6,8H,4-5H2,1H3,(H,13,15)/t8-/m0/s1. The molecule has 1 atom stereocenters. The van der Waals surface area contributed by atoms with Crippen LogP contribution in [0.4, 0.5) is 5.69 Å². The van der Waals surface area contributed by atoms with Gasteiger partial charge in [-0.15, -0.1) is 0 Å². The zero-order valence-electron chi connectivity index (χ0n) is 10.6. The fourth-order valence-corrected chi connectivity index (χ4v) is 2.78. The molecule has 1 amide bonds. The average Bonchev–Trinajstić information content (AvgIpc) is 2.83. The molecule has 1 aromatic carbocycles. The smallest absolute Gasteiger partial charge is 0.311 e. The number of nitrogens with one attached hydrogen (secondary N) is 1. The first kappa shape index (κ1) is 14.3. The Kier molecular flexibility index (Phi) is 4.23. The van der Waals surface area contributed by atoms with Crippen molar-refractivity contribution in [2.75, 3.05) is 12.9 Å². The van der Waals surface area contributed by atoms with Crippen molar-refractivity contribution in [1.82, 2.24) is 5.32 Å². The Hall–Kier alpha value is -2.09. The Bertz CT molecular complexity index is 575. The summed E-state index contributed by atoms with van der Waals surface area (Å²) in [6, 6.07) is 3.40. The van der Waals surface area contributed by atoms with E-state index in [-0.39, 0.29) is 22.1 Å². The van der Waals surface area contributed by atoms with Gasteiger partial charge in [0.1, 0.15) is 0 Å². The largest absolute Gasteiger partial charge is 0.490 e. The van der Waals surface area contributed by atoms with Crippen LogP contribution in [0.2, 0.25) is 0 Å². The molecule has 1 saturated heterocycles. The number of carbonyl (C=O) groups is 2. The molecule has 106 valence electrons. The number of hydrogen-bond acceptors (Lipinski definition) is 6. The van der Waals surface area contributed by atoms with Crippen LogP contribution in [0.1, 0.15) is 16.8 Å². The molecule has 0 unspecified atom stereocenters.